The van der Waals surface area contributed by atoms with Gasteiger partial charge in [-0.05, 0) is 40.4 Å². The first-order valence-corrected chi connectivity index (χ1v) is 11.4. The number of halogens is 1. The molecule has 1 aromatic heterocycles. The van der Waals surface area contributed by atoms with Gasteiger partial charge in [-0.25, -0.2) is 9.78 Å². The summed E-state index contributed by atoms with van der Waals surface area (Å²) >= 11 is 4.73. The standard InChI is InChI=1S/C22H21BrN4O3S/c1-13(2)9-17(21(29)30)26-20(28)12-31-22-25-11-19(23)27(22)18-8-7-14(10-24)15-5-3-4-6-16(15)18/h3-8,11,13,17H,9,12H2,1-2H3,(H,26,28)(H,29,30). The van der Waals surface area contributed by atoms with Gasteiger partial charge in [0.1, 0.15) is 10.6 Å². The number of amides is 1. The van der Waals surface area contributed by atoms with Crippen molar-refractivity contribution in [2.45, 2.75) is 31.5 Å². The van der Waals surface area contributed by atoms with Crippen LogP contribution in [0.5, 0.6) is 0 Å². The number of hydrogen-bond acceptors (Lipinski definition) is 5. The molecule has 0 aliphatic carbocycles. The molecule has 0 spiro atoms. The number of rotatable bonds is 8. The third-order valence-electron chi connectivity index (χ3n) is 4.62. The molecule has 0 fully saturated rings. The van der Waals surface area contributed by atoms with Gasteiger partial charge in [-0.3, -0.25) is 9.36 Å². The lowest BCUT2D eigenvalue weighted by Gasteiger charge is -2.16. The molecule has 0 aliphatic heterocycles. The number of nitrogens with one attached hydrogen (secondary N) is 1. The monoisotopic (exact) mass is 500 g/mol. The predicted molar refractivity (Wildman–Crippen MR) is 123 cm³/mol. The number of thioether (sulfide) groups is 1. The highest BCUT2D eigenvalue weighted by Crippen LogP contribution is 2.32. The van der Waals surface area contributed by atoms with Crippen LogP contribution in [0.25, 0.3) is 16.5 Å². The lowest BCUT2D eigenvalue weighted by atomic mass is 10.0. The minimum atomic E-state index is -1.04. The molecule has 1 unspecified atom stereocenters. The number of fused-ring (bicyclic) bond motifs is 1. The number of benzene rings is 2. The van der Waals surface area contributed by atoms with E-state index in [0.717, 1.165) is 16.5 Å². The molecule has 0 aliphatic rings. The van der Waals surface area contributed by atoms with Crippen LogP contribution in [0.3, 0.4) is 0 Å². The van der Waals surface area contributed by atoms with Crippen LogP contribution in [0.15, 0.2) is 52.4 Å². The molecule has 7 nitrogen and oxygen atoms in total. The Balaban J connectivity index is 1.85. The Labute approximate surface area is 192 Å². The Kier molecular flexibility index (Phi) is 7.36. The number of nitrogens with zero attached hydrogens (tertiary/aromatic N) is 3. The molecular weight excluding hydrogens is 480 g/mol. The highest BCUT2D eigenvalue weighted by atomic mass is 79.9. The van der Waals surface area contributed by atoms with E-state index in [0.29, 0.717) is 21.7 Å². The van der Waals surface area contributed by atoms with Crippen molar-refractivity contribution in [1.82, 2.24) is 14.9 Å². The molecule has 1 amide bonds. The van der Waals surface area contributed by atoms with E-state index >= 15 is 0 Å². The zero-order valence-electron chi connectivity index (χ0n) is 17.0. The van der Waals surface area contributed by atoms with E-state index in [9.17, 15) is 20.0 Å². The first-order valence-electron chi connectivity index (χ1n) is 9.62. The number of carboxylic acids is 1. The second-order valence-electron chi connectivity index (χ2n) is 7.37. The smallest absolute Gasteiger partial charge is 0.326 e. The molecule has 9 heteroatoms. The van der Waals surface area contributed by atoms with Crippen molar-refractivity contribution in [2.75, 3.05) is 5.75 Å². The largest absolute Gasteiger partial charge is 0.480 e. The number of imidazole rings is 1. The summed E-state index contributed by atoms with van der Waals surface area (Å²) in [4.78, 5) is 28.2. The quantitative estimate of drug-likeness (QED) is 0.444. The average molecular weight is 501 g/mol. The molecular formula is C22H21BrN4O3S. The van der Waals surface area contributed by atoms with Gasteiger partial charge >= 0.3 is 5.97 Å². The number of carbonyl (C=O) groups excluding carboxylic acids is 1. The summed E-state index contributed by atoms with van der Waals surface area (Å²) in [7, 11) is 0. The summed E-state index contributed by atoms with van der Waals surface area (Å²) < 4.78 is 2.57. The van der Waals surface area contributed by atoms with Crippen LogP contribution >= 0.6 is 27.7 Å². The van der Waals surface area contributed by atoms with Crippen LogP contribution in [-0.2, 0) is 9.59 Å². The fourth-order valence-corrected chi connectivity index (χ4v) is 4.65. The fourth-order valence-electron chi connectivity index (χ4n) is 3.27. The Bertz CT molecular complexity index is 1170. The number of carboxylic acid groups (broad SMARTS) is 1. The fraction of sp³-hybridized carbons (Fsp3) is 0.273. The minimum Gasteiger partial charge on any atom is -0.480 e. The summed E-state index contributed by atoms with van der Waals surface area (Å²) in [6.07, 6.45) is 2.01. The summed E-state index contributed by atoms with van der Waals surface area (Å²) in [6, 6.07) is 12.5. The van der Waals surface area contributed by atoms with Crippen molar-refractivity contribution < 1.29 is 14.7 Å². The van der Waals surface area contributed by atoms with Crippen LogP contribution < -0.4 is 5.32 Å². The Hall–Kier alpha value is -2.83. The van der Waals surface area contributed by atoms with Crippen molar-refractivity contribution in [3.05, 3.63) is 52.8 Å². The van der Waals surface area contributed by atoms with Gasteiger partial charge in [-0.2, -0.15) is 5.26 Å². The highest BCUT2D eigenvalue weighted by molar-refractivity contribution is 9.10. The van der Waals surface area contributed by atoms with Crippen LogP contribution in [0.4, 0.5) is 0 Å². The number of hydrogen-bond donors (Lipinski definition) is 2. The van der Waals surface area contributed by atoms with E-state index in [4.69, 9.17) is 0 Å². The van der Waals surface area contributed by atoms with E-state index < -0.39 is 12.0 Å². The molecule has 3 aromatic rings. The third kappa shape index (κ3) is 5.27. The molecule has 0 bridgehead atoms. The van der Waals surface area contributed by atoms with Gasteiger partial charge in [0.25, 0.3) is 0 Å². The van der Waals surface area contributed by atoms with Crippen molar-refractivity contribution in [3.8, 4) is 11.8 Å². The van der Waals surface area contributed by atoms with Crippen molar-refractivity contribution >= 4 is 50.3 Å². The lowest BCUT2D eigenvalue weighted by Crippen LogP contribution is -2.42. The number of carbonyl (C=O) groups is 2. The average Bonchev–Trinajstić information content (AvgIpc) is 3.10. The molecule has 160 valence electrons. The molecule has 2 N–H and O–H groups in total. The number of aliphatic carboxylic acids is 1. The van der Waals surface area contributed by atoms with E-state index in [1.807, 2.05) is 48.7 Å². The van der Waals surface area contributed by atoms with Crippen molar-refractivity contribution in [2.24, 2.45) is 5.92 Å². The normalized spacial score (nSPS) is 12.0. The van der Waals surface area contributed by atoms with Crippen LogP contribution in [0.1, 0.15) is 25.8 Å². The minimum absolute atomic E-state index is 0.0273. The maximum absolute atomic E-state index is 12.4. The summed E-state index contributed by atoms with van der Waals surface area (Å²) in [5.41, 5.74) is 1.40. The van der Waals surface area contributed by atoms with E-state index in [1.165, 1.54) is 11.8 Å². The topological polar surface area (TPSA) is 108 Å². The van der Waals surface area contributed by atoms with Crippen LogP contribution in [0, 0.1) is 17.2 Å². The maximum Gasteiger partial charge on any atom is 0.326 e. The second-order valence-corrected chi connectivity index (χ2v) is 9.12. The van der Waals surface area contributed by atoms with E-state index in [1.54, 1.807) is 12.3 Å². The van der Waals surface area contributed by atoms with Crippen LogP contribution in [-0.4, -0.2) is 38.3 Å². The first kappa shape index (κ1) is 22.8. The molecule has 0 saturated carbocycles. The van der Waals surface area contributed by atoms with Gasteiger partial charge in [0.2, 0.25) is 5.91 Å². The van der Waals surface area contributed by atoms with Gasteiger partial charge < -0.3 is 10.4 Å². The maximum atomic E-state index is 12.4. The van der Waals surface area contributed by atoms with E-state index in [-0.39, 0.29) is 17.6 Å². The van der Waals surface area contributed by atoms with Crippen molar-refractivity contribution in [1.29, 1.82) is 5.26 Å². The Morgan fingerprint density at radius 1 is 1.26 bits per heavy atom. The molecule has 0 radical (unpaired) electrons. The lowest BCUT2D eigenvalue weighted by molar-refractivity contribution is -0.141. The third-order valence-corrected chi connectivity index (χ3v) is 6.13. The molecule has 1 atom stereocenters. The molecule has 0 saturated heterocycles. The van der Waals surface area contributed by atoms with Gasteiger partial charge in [-0.15, -0.1) is 0 Å². The number of aromatic nitrogens is 2. The van der Waals surface area contributed by atoms with Gasteiger partial charge in [-0.1, -0.05) is 49.9 Å². The summed E-state index contributed by atoms with van der Waals surface area (Å²) in [6.45, 7) is 3.82. The predicted octanol–water partition coefficient (Wildman–Crippen LogP) is 4.37. The Morgan fingerprint density at radius 3 is 2.61 bits per heavy atom. The van der Waals surface area contributed by atoms with Gasteiger partial charge in [0.15, 0.2) is 5.16 Å². The van der Waals surface area contributed by atoms with Crippen molar-refractivity contribution in [3.63, 3.8) is 0 Å². The molecule has 31 heavy (non-hydrogen) atoms. The number of nitriles is 1. The second kappa shape index (κ2) is 9.98. The summed E-state index contributed by atoms with van der Waals surface area (Å²) in [5, 5.41) is 23.6. The summed E-state index contributed by atoms with van der Waals surface area (Å²) in [5.74, 6) is -1.23. The zero-order chi connectivity index (χ0) is 22.5. The SMILES string of the molecule is CC(C)CC(NC(=O)CSc1ncc(Br)n1-c1ccc(C#N)c2ccccc12)C(=O)O. The van der Waals surface area contributed by atoms with Gasteiger partial charge in [0.05, 0.1) is 29.3 Å². The molecule has 2 aromatic carbocycles. The first-order chi connectivity index (χ1) is 14.8. The molecule has 3 rings (SSSR count). The molecule has 1 heterocycles. The van der Waals surface area contributed by atoms with Crippen LogP contribution in [0.2, 0.25) is 0 Å². The highest BCUT2D eigenvalue weighted by Gasteiger charge is 2.22. The Morgan fingerprint density at radius 2 is 1.97 bits per heavy atom. The zero-order valence-corrected chi connectivity index (χ0v) is 19.4. The van der Waals surface area contributed by atoms with E-state index in [2.05, 4.69) is 32.3 Å². The van der Waals surface area contributed by atoms with Gasteiger partial charge in [0, 0.05) is 10.8 Å².